The number of carbonyl (C=O) groups excluding carboxylic acids is 1. The first-order valence-electron chi connectivity index (χ1n) is 10.6. The van der Waals surface area contributed by atoms with Crippen LogP contribution in [0, 0.1) is 17.1 Å². The maximum Gasteiger partial charge on any atom is 0.266 e. The number of benzene rings is 2. The summed E-state index contributed by atoms with van der Waals surface area (Å²) in [6.07, 6.45) is 4.76. The number of rotatable bonds is 6. The van der Waals surface area contributed by atoms with Gasteiger partial charge in [-0.1, -0.05) is 13.0 Å². The molecule has 0 aliphatic carbocycles. The lowest BCUT2D eigenvalue weighted by Crippen LogP contribution is -2.45. The molecule has 0 saturated carbocycles. The van der Waals surface area contributed by atoms with Crippen molar-refractivity contribution in [3.63, 3.8) is 0 Å². The molecular weight excluding hydrogens is 405 g/mol. The Morgan fingerprint density at radius 2 is 1.97 bits per heavy atom. The first-order valence-corrected chi connectivity index (χ1v) is 10.6. The molecule has 2 aromatic carbocycles. The van der Waals surface area contributed by atoms with Crippen LogP contribution in [0.3, 0.4) is 0 Å². The highest BCUT2D eigenvalue weighted by Crippen LogP contribution is 2.42. The second-order valence-corrected chi connectivity index (χ2v) is 8.37. The normalized spacial score (nSPS) is 14.8. The number of amides is 1. The Hall–Kier alpha value is -3.59. The predicted octanol–water partition coefficient (Wildman–Crippen LogP) is 5.79. The van der Waals surface area contributed by atoms with E-state index in [0.717, 1.165) is 29.8 Å². The van der Waals surface area contributed by atoms with Gasteiger partial charge in [-0.15, -0.1) is 0 Å². The lowest BCUT2D eigenvalue weighted by atomic mass is 9.87. The summed E-state index contributed by atoms with van der Waals surface area (Å²) in [6, 6.07) is 11.3. The van der Waals surface area contributed by atoms with Crippen molar-refractivity contribution in [3.8, 4) is 11.8 Å². The summed E-state index contributed by atoms with van der Waals surface area (Å²) in [5.41, 5.74) is 4.08. The van der Waals surface area contributed by atoms with E-state index >= 15 is 0 Å². The lowest BCUT2D eigenvalue weighted by molar-refractivity contribution is -0.112. The zero-order valence-electron chi connectivity index (χ0n) is 19.1. The van der Waals surface area contributed by atoms with Crippen molar-refractivity contribution in [2.45, 2.75) is 39.7 Å². The highest BCUT2D eigenvalue weighted by atomic mass is 19.1. The molecule has 0 aromatic heterocycles. The molecule has 0 radical (unpaired) electrons. The van der Waals surface area contributed by atoms with E-state index in [2.05, 4.69) is 44.0 Å². The topological polar surface area (TPSA) is 65.4 Å². The average molecular weight is 434 g/mol. The van der Waals surface area contributed by atoms with E-state index in [1.807, 2.05) is 18.2 Å². The van der Waals surface area contributed by atoms with Crippen molar-refractivity contribution < 1.29 is 13.9 Å². The van der Waals surface area contributed by atoms with Crippen LogP contribution in [0.5, 0.6) is 5.75 Å². The number of nitriles is 1. The summed E-state index contributed by atoms with van der Waals surface area (Å²) in [7, 11) is 1.57. The van der Waals surface area contributed by atoms with E-state index in [4.69, 9.17) is 4.74 Å². The van der Waals surface area contributed by atoms with E-state index in [1.165, 1.54) is 30.3 Å². The Labute approximate surface area is 188 Å². The van der Waals surface area contributed by atoms with Crippen LogP contribution in [0.1, 0.15) is 45.2 Å². The van der Waals surface area contributed by atoms with E-state index in [9.17, 15) is 14.4 Å². The van der Waals surface area contributed by atoms with Gasteiger partial charge in [0.05, 0.1) is 12.6 Å². The molecule has 1 aliphatic rings. The quantitative estimate of drug-likeness (QED) is 0.462. The number of nitrogens with zero attached hydrogens (tertiary/aromatic N) is 2. The van der Waals surface area contributed by atoms with Crippen molar-refractivity contribution in [1.29, 1.82) is 5.26 Å². The standard InChI is InChI=1S/C26H28FN3O2/c1-6-11-30-23-14-24(32-5)18(13-22(23)17(2)15-26(30,3)4)12-19(16-28)25(31)29-21-9-7-20(27)8-10-21/h7-10,12-15H,6,11H2,1-5H3,(H,29,31)/b19-12+. The zero-order valence-corrected chi connectivity index (χ0v) is 19.1. The predicted molar refractivity (Wildman–Crippen MR) is 127 cm³/mol. The number of halogens is 1. The molecular formula is C26H28FN3O2. The lowest BCUT2D eigenvalue weighted by Gasteiger charge is -2.43. The molecule has 0 saturated heterocycles. The maximum absolute atomic E-state index is 13.1. The highest BCUT2D eigenvalue weighted by molar-refractivity contribution is 6.10. The first-order chi connectivity index (χ1) is 15.2. The van der Waals surface area contributed by atoms with Crippen LogP contribution in [0.25, 0.3) is 11.6 Å². The van der Waals surface area contributed by atoms with Crippen LogP contribution >= 0.6 is 0 Å². The zero-order chi connectivity index (χ0) is 23.5. The molecule has 0 atom stereocenters. The first kappa shape index (κ1) is 23.1. The molecule has 5 nitrogen and oxygen atoms in total. The Kier molecular flexibility index (Phi) is 6.69. The van der Waals surface area contributed by atoms with Gasteiger partial charge in [0.2, 0.25) is 0 Å². The number of nitrogens with one attached hydrogen (secondary N) is 1. The van der Waals surface area contributed by atoms with Crippen LogP contribution in [0.4, 0.5) is 15.8 Å². The van der Waals surface area contributed by atoms with E-state index in [1.54, 1.807) is 7.11 Å². The third kappa shape index (κ3) is 4.67. The van der Waals surface area contributed by atoms with Crippen LogP contribution in [-0.2, 0) is 4.79 Å². The van der Waals surface area contributed by atoms with Crippen LogP contribution in [-0.4, -0.2) is 25.1 Å². The number of methoxy groups -OCH3 is 1. The van der Waals surface area contributed by atoms with Gasteiger partial charge < -0.3 is 15.0 Å². The Bertz CT molecular complexity index is 1120. The third-order valence-corrected chi connectivity index (χ3v) is 5.54. The summed E-state index contributed by atoms with van der Waals surface area (Å²) in [6.45, 7) is 9.47. The third-order valence-electron chi connectivity index (χ3n) is 5.54. The van der Waals surface area contributed by atoms with Gasteiger partial charge in [-0.25, -0.2) is 4.39 Å². The summed E-state index contributed by atoms with van der Waals surface area (Å²) >= 11 is 0. The molecule has 2 aromatic rings. The molecule has 6 heteroatoms. The number of anilines is 2. The van der Waals surface area contributed by atoms with Crippen molar-refractivity contribution >= 4 is 28.9 Å². The summed E-state index contributed by atoms with van der Waals surface area (Å²) in [5.74, 6) is -0.390. The molecule has 166 valence electrons. The Morgan fingerprint density at radius 3 is 2.56 bits per heavy atom. The fourth-order valence-electron chi connectivity index (χ4n) is 4.08. The minimum absolute atomic E-state index is 0.0734. The van der Waals surface area contributed by atoms with Gasteiger partial charge >= 0.3 is 0 Å². The molecule has 0 fully saturated rings. The van der Waals surface area contributed by atoms with Crippen LogP contribution < -0.4 is 15.0 Å². The molecule has 32 heavy (non-hydrogen) atoms. The number of hydrogen-bond donors (Lipinski definition) is 1. The fourth-order valence-corrected chi connectivity index (χ4v) is 4.08. The monoisotopic (exact) mass is 433 g/mol. The van der Waals surface area contributed by atoms with Crippen molar-refractivity contribution in [1.82, 2.24) is 0 Å². The Balaban J connectivity index is 2.03. The van der Waals surface area contributed by atoms with Gasteiger partial charge in [-0.05, 0) is 69.2 Å². The number of allylic oxidation sites excluding steroid dienone is 1. The minimum Gasteiger partial charge on any atom is -0.496 e. The summed E-state index contributed by atoms with van der Waals surface area (Å²) in [4.78, 5) is 15.0. The van der Waals surface area contributed by atoms with E-state index < -0.39 is 11.7 Å². The second-order valence-electron chi connectivity index (χ2n) is 8.37. The van der Waals surface area contributed by atoms with E-state index in [-0.39, 0.29) is 11.1 Å². The minimum atomic E-state index is -0.570. The van der Waals surface area contributed by atoms with Gasteiger partial charge in [-0.2, -0.15) is 5.26 Å². The maximum atomic E-state index is 13.1. The van der Waals surface area contributed by atoms with Crippen molar-refractivity contribution in [2.24, 2.45) is 0 Å². The van der Waals surface area contributed by atoms with Crippen molar-refractivity contribution in [2.75, 3.05) is 23.9 Å². The molecule has 3 rings (SSSR count). The highest BCUT2D eigenvalue weighted by Gasteiger charge is 2.31. The average Bonchev–Trinajstić information content (AvgIpc) is 2.75. The number of carbonyl (C=O) groups is 1. The summed E-state index contributed by atoms with van der Waals surface area (Å²) in [5, 5.41) is 12.2. The van der Waals surface area contributed by atoms with Crippen molar-refractivity contribution in [3.05, 3.63) is 65.0 Å². The smallest absolute Gasteiger partial charge is 0.266 e. The van der Waals surface area contributed by atoms with Gasteiger partial charge in [0.1, 0.15) is 23.2 Å². The number of hydrogen-bond acceptors (Lipinski definition) is 4. The molecule has 1 N–H and O–H groups in total. The SMILES string of the molecule is CCCN1c2cc(OC)c(/C=C(\C#N)C(=O)Nc3ccc(F)cc3)cc2C(C)=CC1(C)C. The van der Waals surface area contributed by atoms with Gasteiger partial charge in [0, 0.05) is 35.1 Å². The van der Waals surface area contributed by atoms with Crippen LogP contribution in [0.15, 0.2) is 48.0 Å². The Morgan fingerprint density at radius 1 is 1.28 bits per heavy atom. The van der Waals surface area contributed by atoms with Crippen LogP contribution in [0.2, 0.25) is 0 Å². The van der Waals surface area contributed by atoms with Gasteiger partial charge in [0.25, 0.3) is 5.91 Å². The number of ether oxygens (including phenoxy) is 1. The van der Waals surface area contributed by atoms with Gasteiger partial charge in [0.15, 0.2) is 0 Å². The number of fused-ring (bicyclic) bond motifs is 1. The molecule has 0 bridgehead atoms. The molecule has 0 spiro atoms. The fraction of sp³-hybridized carbons (Fsp3) is 0.308. The molecule has 0 unspecified atom stereocenters. The summed E-state index contributed by atoms with van der Waals surface area (Å²) < 4.78 is 18.7. The molecule has 1 heterocycles. The van der Waals surface area contributed by atoms with E-state index in [0.29, 0.717) is 17.0 Å². The van der Waals surface area contributed by atoms with Gasteiger partial charge in [-0.3, -0.25) is 4.79 Å². The largest absolute Gasteiger partial charge is 0.496 e. The molecule has 1 aliphatic heterocycles. The second kappa shape index (κ2) is 9.27. The molecule has 1 amide bonds.